The van der Waals surface area contributed by atoms with Crippen molar-refractivity contribution in [3.05, 3.63) is 76.1 Å². The zero-order chi connectivity index (χ0) is 19.0. The molecule has 0 aliphatic heterocycles. The summed E-state index contributed by atoms with van der Waals surface area (Å²) in [6, 6.07) is 13.1. The number of nitrogens with two attached hydrogens (primary N) is 1. The number of H-pyrrole nitrogens is 1. The fourth-order valence-electron chi connectivity index (χ4n) is 2.66. The molecule has 0 atom stereocenters. The number of rotatable bonds is 3. The minimum Gasteiger partial charge on any atom is -0.379 e. The quantitative estimate of drug-likeness (QED) is 0.464. The molecule has 4 N–H and O–H groups in total. The molecule has 0 radical (unpaired) electrons. The maximum absolute atomic E-state index is 13.1. The van der Waals surface area contributed by atoms with E-state index in [9.17, 15) is 9.18 Å². The van der Waals surface area contributed by atoms with E-state index in [1.165, 1.54) is 12.1 Å². The number of nitrogens with zero attached hydrogens (tertiary/aromatic N) is 2. The van der Waals surface area contributed by atoms with E-state index in [-0.39, 0.29) is 16.8 Å². The minimum atomic E-state index is -0.437. The van der Waals surface area contributed by atoms with Crippen LogP contribution in [0.2, 0.25) is 5.15 Å². The second kappa shape index (κ2) is 6.69. The molecule has 2 aromatic heterocycles. The summed E-state index contributed by atoms with van der Waals surface area (Å²) in [6.45, 7) is 0. The number of aromatic nitrogens is 3. The van der Waals surface area contributed by atoms with E-state index in [1.54, 1.807) is 30.5 Å². The molecule has 4 rings (SSSR count). The van der Waals surface area contributed by atoms with Crippen LogP contribution in [0.3, 0.4) is 0 Å². The summed E-state index contributed by atoms with van der Waals surface area (Å²) < 4.78 is 13.1. The van der Waals surface area contributed by atoms with Gasteiger partial charge in [-0.05, 0) is 48.0 Å². The molecule has 134 valence electrons. The lowest BCUT2D eigenvalue weighted by atomic mass is 10.1. The van der Waals surface area contributed by atoms with Crippen molar-refractivity contribution in [3.63, 3.8) is 0 Å². The number of nitrogen functional groups attached to an aromatic ring is 1. The largest absolute Gasteiger partial charge is 0.379 e. The standard InChI is InChI=1S/C19H13ClFN5O/c20-17-16(24-13-4-2-12(21)3-5-13)8-11(9-23-17)10-1-6-14-15(7-10)26-19(27)18(22)25-14/h1-9,24H,(H2,22,25)(H,26,27). The van der Waals surface area contributed by atoms with E-state index < -0.39 is 5.56 Å². The van der Waals surface area contributed by atoms with Gasteiger partial charge in [-0.2, -0.15) is 0 Å². The Kier molecular flexibility index (Phi) is 4.21. The van der Waals surface area contributed by atoms with Crippen molar-refractivity contribution >= 4 is 39.8 Å². The molecule has 0 fully saturated rings. The second-order valence-corrected chi connectivity index (χ2v) is 6.24. The highest BCUT2D eigenvalue weighted by Crippen LogP contribution is 2.30. The predicted octanol–water partition coefficient (Wildman–Crippen LogP) is 4.10. The maximum atomic E-state index is 13.1. The molecule has 2 heterocycles. The molecule has 0 spiro atoms. The third kappa shape index (κ3) is 3.45. The molecular formula is C19H13ClFN5O. The van der Waals surface area contributed by atoms with Gasteiger partial charge in [-0.3, -0.25) is 4.79 Å². The Bertz CT molecular complexity index is 1210. The first kappa shape index (κ1) is 17.0. The van der Waals surface area contributed by atoms with Gasteiger partial charge in [0.15, 0.2) is 11.0 Å². The molecule has 0 saturated carbocycles. The highest BCUT2D eigenvalue weighted by atomic mass is 35.5. The Morgan fingerprint density at radius 2 is 1.85 bits per heavy atom. The van der Waals surface area contributed by atoms with E-state index in [4.69, 9.17) is 17.3 Å². The van der Waals surface area contributed by atoms with Crippen LogP contribution >= 0.6 is 11.6 Å². The predicted molar refractivity (Wildman–Crippen MR) is 105 cm³/mol. The zero-order valence-corrected chi connectivity index (χ0v) is 14.6. The normalized spacial score (nSPS) is 10.9. The molecule has 0 bridgehead atoms. The molecule has 0 saturated heterocycles. The van der Waals surface area contributed by atoms with E-state index in [1.807, 2.05) is 12.1 Å². The van der Waals surface area contributed by atoms with Gasteiger partial charge in [0.1, 0.15) is 5.82 Å². The Morgan fingerprint density at radius 1 is 1.07 bits per heavy atom. The summed E-state index contributed by atoms with van der Waals surface area (Å²) in [4.78, 5) is 22.7. The van der Waals surface area contributed by atoms with Crippen molar-refractivity contribution in [2.75, 3.05) is 11.1 Å². The summed E-state index contributed by atoms with van der Waals surface area (Å²) in [5.41, 5.74) is 9.11. The van der Waals surface area contributed by atoms with Crippen molar-refractivity contribution in [2.24, 2.45) is 0 Å². The number of pyridine rings is 1. The zero-order valence-electron chi connectivity index (χ0n) is 13.8. The highest BCUT2D eigenvalue weighted by molar-refractivity contribution is 6.32. The number of aromatic amines is 1. The Hall–Kier alpha value is -3.45. The molecule has 8 heteroatoms. The minimum absolute atomic E-state index is 0.0748. The SMILES string of the molecule is Nc1nc2ccc(-c3cnc(Cl)c(Nc4ccc(F)cc4)c3)cc2[nH]c1=O. The van der Waals surface area contributed by atoms with E-state index >= 15 is 0 Å². The average molecular weight is 382 g/mol. The van der Waals surface area contributed by atoms with Gasteiger partial charge < -0.3 is 16.0 Å². The topological polar surface area (TPSA) is 96.7 Å². The van der Waals surface area contributed by atoms with Crippen LogP contribution in [0.5, 0.6) is 0 Å². The van der Waals surface area contributed by atoms with Crippen LogP contribution in [0.1, 0.15) is 0 Å². The van der Waals surface area contributed by atoms with Crippen LogP contribution in [0.15, 0.2) is 59.5 Å². The van der Waals surface area contributed by atoms with Gasteiger partial charge in [0.2, 0.25) is 0 Å². The van der Waals surface area contributed by atoms with Crippen LogP contribution in [0.4, 0.5) is 21.6 Å². The van der Waals surface area contributed by atoms with Crippen molar-refractivity contribution < 1.29 is 4.39 Å². The van der Waals surface area contributed by atoms with Gasteiger partial charge in [-0.15, -0.1) is 0 Å². The summed E-state index contributed by atoms with van der Waals surface area (Å²) in [5.74, 6) is -0.396. The molecule has 6 nitrogen and oxygen atoms in total. The summed E-state index contributed by atoms with van der Waals surface area (Å²) in [7, 11) is 0. The number of hydrogen-bond acceptors (Lipinski definition) is 5. The molecule has 0 unspecified atom stereocenters. The van der Waals surface area contributed by atoms with Gasteiger partial charge in [0.25, 0.3) is 5.56 Å². The Labute approximate surface area is 157 Å². The second-order valence-electron chi connectivity index (χ2n) is 5.88. The first-order valence-electron chi connectivity index (χ1n) is 7.98. The van der Waals surface area contributed by atoms with E-state index in [0.717, 1.165) is 11.1 Å². The van der Waals surface area contributed by atoms with Crippen LogP contribution in [0.25, 0.3) is 22.2 Å². The lowest BCUT2D eigenvalue weighted by Crippen LogP contribution is -2.13. The Morgan fingerprint density at radius 3 is 2.63 bits per heavy atom. The fourth-order valence-corrected chi connectivity index (χ4v) is 2.81. The lowest BCUT2D eigenvalue weighted by Gasteiger charge is -2.10. The highest BCUT2D eigenvalue weighted by Gasteiger charge is 2.08. The van der Waals surface area contributed by atoms with Crippen molar-refractivity contribution in [1.82, 2.24) is 15.0 Å². The van der Waals surface area contributed by atoms with Gasteiger partial charge in [0, 0.05) is 17.4 Å². The smallest absolute Gasteiger partial charge is 0.290 e. The van der Waals surface area contributed by atoms with Gasteiger partial charge in [-0.25, -0.2) is 14.4 Å². The third-order valence-corrected chi connectivity index (χ3v) is 4.32. The lowest BCUT2D eigenvalue weighted by molar-refractivity contribution is 0.628. The van der Waals surface area contributed by atoms with Gasteiger partial charge in [0.05, 0.1) is 16.7 Å². The maximum Gasteiger partial charge on any atom is 0.290 e. The average Bonchev–Trinajstić information content (AvgIpc) is 2.66. The van der Waals surface area contributed by atoms with E-state index in [2.05, 4.69) is 20.3 Å². The molecule has 27 heavy (non-hydrogen) atoms. The molecule has 0 aliphatic rings. The molecule has 2 aromatic carbocycles. The number of halogens is 2. The van der Waals surface area contributed by atoms with Gasteiger partial charge >= 0.3 is 0 Å². The monoisotopic (exact) mass is 381 g/mol. The van der Waals surface area contributed by atoms with E-state index in [0.29, 0.717) is 22.4 Å². The number of fused-ring (bicyclic) bond motifs is 1. The Balaban J connectivity index is 1.73. The third-order valence-electron chi connectivity index (χ3n) is 4.01. The van der Waals surface area contributed by atoms with Gasteiger partial charge in [-0.1, -0.05) is 17.7 Å². The van der Waals surface area contributed by atoms with Crippen LogP contribution in [-0.2, 0) is 0 Å². The van der Waals surface area contributed by atoms with Crippen LogP contribution in [-0.4, -0.2) is 15.0 Å². The summed E-state index contributed by atoms with van der Waals surface area (Å²) in [5, 5.41) is 3.40. The molecule has 0 amide bonds. The van der Waals surface area contributed by atoms with Crippen LogP contribution in [0, 0.1) is 5.82 Å². The summed E-state index contributed by atoms with van der Waals surface area (Å²) >= 11 is 6.18. The van der Waals surface area contributed by atoms with Crippen molar-refractivity contribution in [1.29, 1.82) is 0 Å². The van der Waals surface area contributed by atoms with Crippen molar-refractivity contribution in [3.8, 4) is 11.1 Å². The molecule has 0 aliphatic carbocycles. The first-order chi connectivity index (χ1) is 13.0. The van der Waals surface area contributed by atoms with Crippen molar-refractivity contribution in [2.45, 2.75) is 0 Å². The summed E-state index contributed by atoms with van der Waals surface area (Å²) in [6.07, 6.45) is 1.63. The number of hydrogen-bond donors (Lipinski definition) is 3. The fraction of sp³-hybridized carbons (Fsp3) is 0. The number of anilines is 3. The van der Waals surface area contributed by atoms with Crippen LogP contribution < -0.4 is 16.6 Å². The molecular weight excluding hydrogens is 369 g/mol. The first-order valence-corrected chi connectivity index (χ1v) is 8.35. The number of nitrogens with one attached hydrogen (secondary N) is 2. The number of benzene rings is 2. The molecule has 4 aromatic rings.